The van der Waals surface area contributed by atoms with Crippen LogP contribution in [0.15, 0.2) is 6.20 Å². The van der Waals surface area contributed by atoms with Crippen LogP contribution in [-0.4, -0.2) is 28.1 Å². The maximum Gasteiger partial charge on any atom is 0.0962 e. The Kier molecular flexibility index (Phi) is 3.61. The molecule has 0 saturated heterocycles. The molecular formula is C13H23N5. The highest BCUT2D eigenvalue weighted by atomic mass is 15.4. The summed E-state index contributed by atoms with van der Waals surface area (Å²) in [4.78, 5) is 0. The van der Waals surface area contributed by atoms with Crippen LogP contribution in [0.1, 0.15) is 31.4 Å². The molecular weight excluding hydrogens is 226 g/mol. The molecule has 2 fully saturated rings. The molecule has 18 heavy (non-hydrogen) atoms. The van der Waals surface area contributed by atoms with Gasteiger partial charge in [-0.2, -0.15) is 0 Å². The monoisotopic (exact) mass is 249 g/mol. The first-order chi connectivity index (χ1) is 8.86. The van der Waals surface area contributed by atoms with E-state index in [2.05, 4.69) is 15.6 Å². The highest BCUT2D eigenvalue weighted by Crippen LogP contribution is 2.48. The highest BCUT2D eigenvalue weighted by molar-refractivity contribution is 4.92. The first-order valence-electron chi connectivity index (χ1n) is 7.16. The van der Waals surface area contributed by atoms with E-state index in [1.54, 1.807) is 0 Å². The van der Waals surface area contributed by atoms with Gasteiger partial charge >= 0.3 is 0 Å². The fourth-order valence-corrected chi connectivity index (χ4v) is 2.77. The second-order valence-electron chi connectivity index (χ2n) is 5.72. The summed E-state index contributed by atoms with van der Waals surface area (Å²) < 4.78 is 1.87. The maximum absolute atomic E-state index is 5.51. The molecule has 0 unspecified atom stereocenters. The minimum absolute atomic E-state index is 0.471. The lowest BCUT2D eigenvalue weighted by atomic mass is 9.98. The Labute approximate surface area is 108 Å². The van der Waals surface area contributed by atoms with Gasteiger partial charge < -0.3 is 11.1 Å². The van der Waals surface area contributed by atoms with Crippen LogP contribution in [-0.2, 0) is 13.1 Å². The van der Waals surface area contributed by atoms with E-state index < -0.39 is 0 Å². The molecule has 0 amide bonds. The SMILES string of the molecule is NCc1cn(CCNCC(C2CC2)C2CC2)nn1. The molecule has 0 atom stereocenters. The highest BCUT2D eigenvalue weighted by Gasteiger charge is 2.40. The van der Waals surface area contributed by atoms with Gasteiger partial charge in [-0.25, -0.2) is 0 Å². The third-order valence-corrected chi connectivity index (χ3v) is 4.15. The molecule has 5 heteroatoms. The van der Waals surface area contributed by atoms with Crippen LogP contribution < -0.4 is 11.1 Å². The molecule has 100 valence electrons. The lowest BCUT2D eigenvalue weighted by Crippen LogP contribution is -2.28. The van der Waals surface area contributed by atoms with E-state index >= 15 is 0 Å². The van der Waals surface area contributed by atoms with Crippen molar-refractivity contribution in [3.8, 4) is 0 Å². The second-order valence-corrected chi connectivity index (χ2v) is 5.72. The van der Waals surface area contributed by atoms with E-state index in [1.165, 1.54) is 32.2 Å². The predicted octanol–water partition coefficient (Wildman–Crippen LogP) is 0.763. The smallest absolute Gasteiger partial charge is 0.0962 e. The minimum atomic E-state index is 0.471. The lowest BCUT2D eigenvalue weighted by Gasteiger charge is -2.16. The number of aromatic nitrogens is 3. The van der Waals surface area contributed by atoms with Crippen molar-refractivity contribution in [2.45, 2.75) is 38.8 Å². The number of nitrogens with two attached hydrogens (primary N) is 1. The molecule has 0 spiro atoms. The number of nitrogens with zero attached hydrogens (tertiary/aromatic N) is 3. The van der Waals surface area contributed by atoms with E-state index in [0.717, 1.165) is 36.5 Å². The summed E-state index contributed by atoms with van der Waals surface area (Å²) in [5.41, 5.74) is 6.37. The zero-order valence-corrected chi connectivity index (χ0v) is 10.9. The van der Waals surface area contributed by atoms with E-state index in [4.69, 9.17) is 5.73 Å². The largest absolute Gasteiger partial charge is 0.325 e. The van der Waals surface area contributed by atoms with Gasteiger partial charge in [-0.15, -0.1) is 5.10 Å². The summed E-state index contributed by atoms with van der Waals surface area (Å²) in [7, 11) is 0. The summed E-state index contributed by atoms with van der Waals surface area (Å²) >= 11 is 0. The average Bonchev–Trinajstić information content (AvgIpc) is 3.29. The van der Waals surface area contributed by atoms with Crippen LogP contribution in [0.2, 0.25) is 0 Å². The van der Waals surface area contributed by atoms with Gasteiger partial charge in [0.15, 0.2) is 0 Å². The van der Waals surface area contributed by atoms with Crippen molar-refractivity contribution in [2.75, 3.05) is 13.1 Å². The van der Waals surface area contributed by atoms with Gasteiger partial charge in [0.2, 0.25) is 0 Å². The summed E-state index contributed by atoms with van der Waals surface area (Å²) in [5, 5.41) is 11.6. The topological polar surface area (TPSA) is 68.8 Å². The first kappa shape index (κ1) is 12.1. The minimum Gasteiger partial charge on any atom is -0.325 e. The van der Waals surface area contributed by atoms with E-state index in [1.807, 2.05) is 10.9 Å². The van der Waals surface area contributed by atoms with Crippen molar-refractivity contribution in [1.82, 2.24) is 20.3 Å². The third kappa shape index (κ3) is 3.09. The molecule has 0 radical (unpaired) electrons. The molecule has 2 saturated carbocycles. The van der Waals surface area contributed by atoms with Crippen molar-refractivity contribution in [3.05, 3.63) is 11.9 Å². The standard InChI is InChI=1S/C13H23N5/c14-7-12-9-18(17-16-12)6-5-15-8-13(10-1-2-10)11-3-4-11/h9-11,13,15H,1-8,14H2. The lowest BCUT2D eigenvalue weighted by molar-refractivity contribution is 0.373. The number of nitrogens with one attached hydrogen (secondary N) is 1. The van der Waals surface area contributed by atoms with Crippen molar-refractivity contribution >= 4 is 0 Å². The first-order valence-corrected chi connectivity index (χ1v) is 7.16. The summed E-state index contributed by atoms with van der Waals surface area (Å²) in [5.74, 6) is 3.00. The van der Waals surface area contributed by atoms with Gasteiger partial charge in [0.05, 0.1) is 12.2 Å². The molecule has 2 aliphatic carbocycles. The normalized spacial score (nSPS) is 19.7. The van der Waals surface area contributed by atoms with Crippen LogP contribution in [0.4, 0.5) is 0 Å². The molecule has 1 aromatic rings. The Morgan fingerprint density at radius 2 is 2.06 bits per heavy atom. The second kappa shape index (κ2) is 5.36. The molecule has 5 nitrogen and oxygen atoms in total. The zero-order valence-electron chi connectivity index (χ0n) is 10.9. The van der Waals surface area contributed by atoms with Crippen LogP contribution in [0.3, 0.4) is 0 Å². The zero-order chi connectivity index (χ0) is 12.4. The van der Waals surface area contributed by atoms with Crippen LogP contribution in [0.25, 0.3) is 0 Å². The molecule has 3 rings (SSSR count). The molecule has 3 N–H and O–H groups in total. The fraction of sp³-hybridized carbons (Fsp3) is 0.846. The van der Waals surface area contributed by atoms with Crippen molar-refractivity contribution < 1.29 is 0 Å². The molecule has 0 bridgehead atoms. The molecule has 0 aromatic carbocycles. The summed E-state index contributed by atoms with van der Waals surface area (Å²) in [6, 6.07) is 0. The number of hydrogen-bond donors (Lipinski definition) is 2. The fourth-order valence-electron chi connectivity index (χ4n) is 2.77. The van der Waals surface area contributed by atoms with E-state index in [0.29, 0.717) is 6.54 Å². The average molecular weight is 249 g/mol. The van der Waals surface area contributed by atoms with Crippen molar-refractivity contribution in [3.63, 3.8) is 0 Å². The Morgan fingerprint density at radius 1 is 1.33 bits per heavy atom. The number of rotatable bonds is 8. The Hall–Kier alpha value is -0.940. The van der Waals surface area contributed by atoms with E-state index in [-0.39, 0.29) is 0 Å². The van der Waals surface area contributed by atoms with Crippen molar-refractivity contribution in [1.29, 1.82) is 0 Å². The maximum atomic E-state index is 5.51. The van der Waals surface area contributed by atoms with Crippen LogP contribution in [0.5, 0.6) is 0 Å². The van der Waals surface area contributed by atoms with Gasteiger partial charge in [0.25, 0.3) is 0 Å². The summed E-state index contributed by atoms with van der Waals surface area (Å²) in [6.07, 6.45) is 7.79. The van der Waals surface area contributed by atoms with Gasteiger partial charge in [0, 0.05) is 19.3 Å². The molecule has 0 aliphatic heterocycles. The predicted molar refractivity (Wildman–Crippen MR) is 69.7 cm³/mol. The van der Waals surface area contributed by atoms with Crippen molar-refractivity contribution in [2.24, 2.45) is 23.5 Å². The Balaban J connectivity index is 1.36. The molecule has 2 aliphatic rings. The molecule has 1 aromatic heterocycles. The van der Waals surface area contributed by atoms with Gasteiger partial charge in [-0.1, -0.05) is 5.21 Å². The number of hydrogen-bond acceptors (Lipinski definition) is 4. The molecule has 1 heterocycles. The van der Waals surface area contributed by atoms with Crippen LogP contribution >= 0.6 is 0 Å². The Morgan fingerprint density at radius 3 is 2.61 bits per heavy atom. The summed E-state index contributed by atoms with van der Waals surface area (Å²) in [6.45, 7) is 3.52. The quantitative estimate of drug-likeness (QED) is 0.668. The van der Waals surface area contributed by atoms with Gasteiger partial charge in [-0.05, 0) is 50.0 Å². The van der Waals surface area contributed by atoms with Crippen LogP contribution in [0, 0.1) is 17.8 Å². The third-order valence-electron chi connectivity index (χ3n) is 4.15. The van der Waals surface area contributed by atoms with E-state index in [9.17, 15) is 0 Å². The van der Waals surface area contributed by atoms with Gasteiger partial charge in [-0.3, -0.25) is 4.68 Å². The van der Waals surface area contributed by atoms with Gasteiger partial charge in [0.1, 0.15) is 0 Å². The Bertz CT molecular complexity index is 368.